The third-order valence-electron chi connectivity index (χ3n) is 4.65. The van der Waals surface area contributed by atoms with Gasteiger partial charge in [-0.1, -0.05) is 11.6 Å². The van der Waals surface area contributed by atoms with Crippen molar-refractivity contribution in [3.8, 4) is 0 Å². The van der Waals surface area contributed by atoms with Crippen LogP contribution >= 0.6 is 11.6 Å². The summed E-state index contributed by atoms with van der Waals surface area (Å²) in [6, 6.07) is 6.99. The average molecular weight is 415 g/mol. The molecule has 150 valence electrons. The lowest BCUT2D eigenvalue weighted by atomic mass is 10.1. The van der Waals surface area contributed by atoms with Crippen molar-refractivity contribution in [3.63, 3.8) is 0 Å². The summed E-state index contributed by atoms with van der Waals surface area (Å²) in [6.45, 7) is 1.42. The summed E-state index contributed by atoms with van der Waals surface area (Å²) in [5.41, 5.74) is 0.0682. The van der Waals surface area contributed by atoms with Crippen LogP contribution in [0.2, 0.25) is 5.02 Å². The summed E-state index contributed by atoms with van der Waals surface area (Å²) in [7, 11) is 0. The molecule has 3 nitrogen and oxygen atoms in total. The number of halogens is 5. The number of hydrogen-bond donors (Lipinski definition) is 1. The Hall–Kier alpha value is -2.28. The number of anilines is 2. The van der Waals surface area contributed by atoms with E-state index in [1.165, 1.54) is 18.2 Å². The summed E-state index contributed by atoms with van der Waals surface area (Å²) in [4.78, 5) is 14.4. The molecule has 1 aliphatic rings. The van der Waals surface area contributed by atoms with E-state index in [9.17, 15) is 22.4 Å². The van der Waals surface area contributed by atoms with Gasteiger partial charge in [0.1, 0.15) is 5.82 Å². The Morgan fingerprint density at radius 2 is 1.79 bits per heavy atom. The molecule has 1 fully saturated rings. The number of rotatable bonds is 4. The van der Waals surface area contributed by atoms with Crippen molar-refractivity contribution in [1.29, 1.82) is 0 Å². The van der Waals surface area contributed by atoms with Gasteiger partial charge in [0, 0.05) is 18.1 Å². The molecule has 2 aromatic carbocycles. The Labute approximate surface area is 165 Å². The van der Waals surface area contributed by atoms with E-state index in [1.807, 2.05) is 4.90 Å². The quantitative estimate of drug-likeness (QED) is 0.654. The maximum atomic E-state index is 13.4. The Kier molecular flexibility index (Phi) is 6.13. The van der Waals surface area contributed by atoms with Crippen LogP contribution in [0.1, 0.15) is 30.4 Å². The van der Waals surface area contributed by atoms with E-state index >= 15 is 0 Å². The molecule has 1 saturated heterocycles. The number of piperidine rings is 1. The highest BCUT2D eigenvalue weighted by Crippen LogP contribution is 2.36. The minimum absolute atomic E-state index is 0.0919. The number of carbonyl (C=O) groups is 1. The van der Waals surface area contributed by atoms with E-state index < -0.39 is 23.5 Å². The van der Waals surface area contributed by atoms with Crippen LogP contribution in [0.5, 0.6) is 0 Å². The van der Waals surface area contributed by atoms with Gasteiger partial charge in [0.2, 0.25) is 5.91 Å². The molecule has 1 aliphatic heterocycles. The lowest BCUT2D eigenvalue weighted by Crippen LogP contribution is -2.30. The molecule has 1 heterocycles. The van der Waals surface area contributed by atoms with Crippen molar-refractivity contribution >= 4 is 28.9 Å². The second kappa shape index (κ2) is 8.39. The van der Waals surface area contributed by atoms with Crippen molar-refractivity contribution in [2.45, 2.75) is 31.9 Å². The van der Waals surface area contributed by atoms with Gasteiger partial charge in [-0.3, -0.25) is 4.79 Å². The molecule has 8 heteroatoms. The third kappa shape index (κ3) is 4.95. The van der Waals surface area contributed by atoms with Gasteiger partial charge >= 0.3 is 6.18 Å². The molecule has 2 aromatic rings. The van der Waals surface area contributed by atoms with Crippen LogP contribution in [0.4, 0.5) is 28.9 Å². The van der Waals surface area contributed by atoms with Crippen molar-refractivity contribution in [2.24, 2.45) is 0 Å². The Bertz CT molecular complexity index is 864. The second-order valence-electron chi connectivity index (χ2n) is 6.74. The van der Waals surface area contributed by atoms with Gasteiger partial charge in [0.05, 0.1) is 23.4 Å². The molecule has 0 unspecified atom stereocenters. The third-order valence-corrected chi connectivity index (χ3v) is 5.02. The van der Waals surface area contributed by atoms with E-state index in [1.54, 1.807) is 0 Å². The number of hydrogen-bond acceptors (Lipinski definition) is 2. The largest absolute Gasteiger partial charge is 0.416 e. The summed E-state index contributed by atoms with van der Waals surface area (Å²) in [5, 5.41) is 2.77. The number of amides is 1. The molecular formula is C20H19ClF4N2O. The van der Waals surface area contributed by atoms with E-state index in [0.29, 0.717) is 18.8 Å². The second-order valence-corrected chi connectivity index (χ2v) is 7.15. The molecule has 0 bridgehead atoms. The van der Waals surface area contributed by atoms with Crippen LogP contribution in [0, 0.1) is 5.82 Å². The van der Waals surface area contributed by atoms with Crippen molar-refractivity contribution in [3.05, 3.63) is 58.4 Å². The topological polar surface area (TPSA) is 32.3 Å². The fourth-order valence-corrected chi connectivity index (χ4v) is 3.45. The molecule has 0 aromatic heterocycles. The highest BCUT2D eigenvalue weighted by Gasteiger charge is 2.32. The molecule has 0 aliphatic carbocycles. The fraction of sp³-hybridized carbons (Fsp3) is 0.350. The smallest absolute Gasteiger partial charge is 0.370 e. The fourth-order valence-electron chi connectivity index (χ4n) is 3.27. The normalized spacial score (nSPS) is 14.8. The minimum atomic E-state index is -4.52. The first-order valence-electron chi connectivity index (χ1n) is 8.94. The minimum Gasteiger partial charge on any atom is -0.370 e. The Morgan fingerprint density at radius 1 is 1.07 bits per heavy atom. The SMILES string of the molecule is O=C(Cc1cc(F)ccc1Cl)Nc1cc(C(F)(F)F)ccc1N1CCCCC1. The zero-order valence-corrected chi connectivity index (χ0v) is 15.7. The van der Waals surface area contributed by atoms with Crippen molar-refractivity contribution in [2.75, 3.05) is 23.3 Å². The maximum absolute atomic E-state index is 13.4. The van der Waals surface area contributed by atoms with Gasteiger partial charge in [-0.15, -0.1) is 0 Å². The Morgan fingerprint density at radius 3 is 2.46 bits per heavy atom. The predicted octanol–water partition coefficient (Wildman–Crippen LogP) is 5.67. The lowest BCUT2D eigenvalue weighted by Gasteiger charge is -2.31. The molecule has 0 saturated carbocycles. The number of nitrogens with zero attached hydrogens (tertiary/aromatic N) is 1. The monoisotopic (exact) mass is 414 g/mol. The number of alkyl halides is 3. The van der Waals surface area contributed by atoms with Gasteiger partial charge in [-0.2, -0.15) is 13.2 Å². The van der Waals surface area contributed by atoms with E-state index in [0.717, 1.165) is 37.5 Å². The molecule has 0 radical (unpaired) electrons. The molecule has 0 atom stereocenters. The van der Waals surface area contributed by atoms with Crippen LogP contribution in [0.15, 0.2) is 36.4 Å². The highest BCUT2D eigenvalue weighted by molar-refractivity contribution is 6.31. The molecule has 0 spiro atoms. The summed E-state index contributed by atoms with van der Waals surface area (Å²) >= 11 is 5.98. The standard InChI is InChI=1S/C20H19ClF4N2O/c21-16-6-5-15(22)10-13(16)11-19(28)26-17-12-14(20(23,24)25)4-7-18(17)27-8-2-1-3-9-27/h4-7,10,12H,1-3,8-9,11H2,(H,26,28). The maximum Gasteiger partial charge on any atom is 0.416 e. The number of carbonyl (C=O) groups excluding carboxylic acids is 1. The summed E-state index contributed by atoms with van der Waals surface area (Å²) < 4.78 is 52.8. The van der Waals surface area contributed by atoms with Crippen molar-refractivity contribution in [1.82, 2.24) is 0 Å². The molecule has 3 rings (SSSR count). The number of nitrogens with one attached hydrogen (secondary N) is 1. The highest BCUT2D eigenvalue weighted by atomic mass is 35.5. The first kappa shape index (κ1) is 20.5. The molecule has 28 heavy (non-hydrogen) atoms. The first-order chi connectivity index (χ1) is 13.2. The molecule has 1 N–H and O–H groups in total. The van der Waals surface area contributed by atoms with E-state index in [-0.39, 0.29) is 22.7 Å². The zero-order valence-electron chi connectivity index (χ0n) is 15.0. The van der Waals surface area contributed by atoms with Gasteiger partial charge in [0.25, 0.3) is 0 Å². The Balaban J connectivity index is 1.87. The lowest BCUT2D eigenvalue weighted by molar-refractivity contribution is -0.137. The van der Waals surface area contributed by atoms with Crippen LogP contribution < -0.4 is 10.2 Å². The van der Waals surface area contributed by atoms with Crippen LogP contribution in [-0.4, -0.2) is 19.0 Å². The molecular weight excluding hydrogens is 396 g/mol. The van der Waals surface area contributed by atoms with Gasteiger partial charge < -0.3 is 10.2 Å². The number of benzene rings is 2. The van der Waals surface area contributed by atoms with Gasteiger partial charge in [-0.05, 0) is 61.2 Å². The van der Waals surface area contributed by atoms with Crippen molar-refractivity contribution < 1.29 is 22.4 Å². The van der Waals surface area contributed by atoms with Gasteiger partial charge in [0.15, 0.2) is 0 Å². The van der Waals surface area contributed by atoms with E-state index in [4.69, 9.17) is 11.6 Å². The van der Waals surface area contributed by atoms with Crippen LogP contribution in [0.25, 0.3) is 0 Å². The first-order valence-corrected chi connectivity index (χ1v) is 9.32. The predicted molar refractivity (Wildman–Crippen MR) is 101 cm³/mol. The summed E-state index contributed by atoms with van der Waals surface area (Å²) in [5.74, 6) is -1.11. The zero-order chi connectivity index (χ0) is 20.3. The van der Waals surface area contributed by atoms with E-state index in [2.05, 4.69) is 5.32 Å². The van der Waals surface area contributed by atoms with Crippen LogP contribution in [0.3, 0.4) is 0 Å². The average Bonchev–Trinajstić information content (AvgIpc) is 2.64. The molecule has 1 amide bonds. The van der Waals surface area contributed by atoms with Gasteiger partial charge in [-0.25, -0.2) is 4.39 Å². The van der Waals surface area contributed by atoms with Crippen LogP contribution in [-0.2, 0) is 17.4 Å². The summed E-state index contributed by atoms with van der Waals surface area (Å²) in [6.07, 6.45) is -1.82.